The lowest BCUT2D eigenvalue weighted by Crippen LogP contribution is -2.32. The molecule has 1 unspecified atom stereocenters. The first-order chi connectivity index (χ1) is 13.2. The van der Waals surface area contributed by atoms with Crippen molar-refractivity contribution in [3.8, 4) is 17.5 Å². The molecule has 1 aromatic heterocycles. The van der Waals surface area contributed by atoms with E-state index >= 15 is 0 Å². The number of nitrogens with one attached hydrogen (secondary N) is 1. The van der Waals surface area contributed by atoms with Crippen LogP contribution in [0.15, 0.2) is 67.0 Å². The van der Waals surface area contributed by atoms with Crippen LogP contribution in [0.3, 0.4) is 0 Å². The van der Waals surface area contributed by atoms with Crippen molar-refractivity contribution < 1.29 is 14.3 Å². The van der Waals surface area contributed by atoms with Crippen LogP contribution >= 0.6 is 0 Å². The minimum Gasteiger partial charge on any atom is -0.483 e. The molecule has 7 heteroatoms. The molecule has 0 saturated carbocycles. The Bertz CT molecular complexity index is 976. The Morgan fingerprint density at radius 3 is 2.70 bits per heavy atom. The fourth-order valence-electron chi connectivity index (χ4n) is 2.45. The number of aromatic nitrogens is 2. The molecular formula is C20H16N4O3. The number of nitrogens with zero attached hydrogens (tertiary/aromatic N) is 3. The van der Waals surface area contributed by atoms with Crippen molar-refractivity contribution in [2.24, 2.45) is 0 Å². The van der Waals surface area contributed by atoms with Gasteiger partial charge in [0.2, 0.25) is 0 Å². The van der Waals surface area contributed by atoms with Gasteiger partial charge in [0.1, 0.15) is 11.8 Å². The summed E-state index contributed by atoms with van der Waals surface area (Å²) in [5.41, 5.74) is 1.76. The average Bonchev–Trinajstić information content (AvgIpc) is 3.21. The molecule has 0 radical (unpaired) electrons. The molecule has 1 amide bonds. The molecule has 0 aliphatic rings. The van der Waals surface area contributed by atoms with Crippen LogP contribution in [0.5, 0.6) is 5.75 Å². The molecule has 3 aromatic rings. The number of hydrogen-bond acceptors (Lipinski definition) is 5. The van der Waals surface area contributed by atoms with Gasteiger partial charge in [0.05, 0.1) is 23.5 Å². The second-order valence-electron chi connectivity index (χ2n) is 5.63. The van der Waals surface area contributed by atoms with Crippen LogP contribution in [0.1, 0.15) is 22.0 Å². The number of hydrogen-bond donors (Lipinski definition) is 1. The molecular weight excluding hydrogens is 344 g/mol. The lowest BCUT2D eigenvalue weighted by Gasteiger charge is -2.11. The van der Waals surface area contributed by atoms with Crippen molar-refractivity contribution in [3.63, 3.8) is 0 Å². The van der Waals surface area contributed by atoms with E-state index in [1.807, 2.05) is 36.4 Å². The smallest absolute Gasteiger partial charge is 0.259 e. The molecule has 27 heavy (non-hydrogen) atoms. The van der Waals surface area contributed by atoms with Crippen LogP contribution in [0, 0.1) is 11.3 Å². The van der Waals surface area contributed by atoms with Crippen molar-refractivity contribution >= 4 is 12.2 Å². The number of rotatable bonds is 7. The molecule has 0 spiro atoms. The topological polar surface area (TPSA) is 97.0 Å². The van der Waals surface area contributed by atoms with Crippen LogP contribution in [0.2, 0.25) is 0 Å². The van der Waals surface area contributed by atoms with Gasteiger partial charge in [0.15, 0.2) is 12.9 Å². The maximum Gasteiger partial charge on any atom is 0.259 e. The molecule has 0 aliphatic carbocycles. The summed E-state index contributed by atoms with van der Waals surface area (Å²) in [5, 5.41) is 16.2. The number of nitriles is 1. The molecule has 1 N–H and O–H groups in total. The van der Waals surface area contributed by atoms with Crippen molar-refractivity contribution in [2.75, 3.05) is 6.61 Å². The van der Waals surface area contributed by atoms with Gasteiger partial charge in [-0.05, 0) is 24.3 Å². The van der Waals surface area contributed by atoms with Crippen molar-refractivity contribution in [1.82, 2.24) is 15.1 Å². The second-order valence-corrected chi connectivity index (χ2v) is 5.63. The zero-order valence-electron chi connectivity index (χ0n) is 14.3. The Balaban J connectivity index is 1.63. The van der Waals surface area contributed by atoms with Crippen molar-refractivity contribution in [1.29, 1.82) is 5.26 Å². The SMILES string of the molecule is N#CC(NC(=O)COc1ccccc1C=O)c1cnn(-c2ccccc2)c1. The lowest BCUT2D eigenvalue weighted by molar-refractivity contribution is -0.123. The van der Waals surface area contributed by atoms with E-state index in [2.05, 4.69) is 10.4 Å². The van der Waals surface area contributed by atoms with Gasteiger partial charge in [0, 0.05) is 11.8 Å². The van der Waals surface area contributed by atoms with E-state index in [1.165, 1.54) is 6.20 Å². The highest BCUT2D eigenvalue weighted by Gasteiger charge is 2.17. The molecule has 1 heterocycles. The van der Waals surface area contributed by atoms with Crippen LogP contribution in [-0.2, 0) is 4.79 Å². The first kappa shape index (κ1) is 17.9. The highest BCUT2D eigenvalue weighted by Crippen LogP contribution is 2.16. The van der Waals surface area contributed by atoms with E-state index in [1.54, 1.807) is 35.1 Å². The Morgan fingerprint density at radius 2 is 1.96 bits per heavy atom. The van der Waals surface area contributed by atoms with E-state index < -0.39 is 11.9 Å². The molecule has 0 saturated heterocycles. The molecule has 0 bridgehead atoms. The summed E-state index contributed by atoms with van der Waals surface area (Å²) in [4.78, 5) is 23.1. The van der Waals surface area contributed by atoms with Crippen LogP contribution in [-0.4, -0.2) is 28.6 Å². The summed E-state index contributed by atoms with van der Waals surface area (Å²) in [6, 6.07) is 17.2. The molecule has 1 atom stereocenters. The maximum atomic E-state index is 12.1. The predicted octanol–water partition coefficient (Wildman–Crippen LogP) is 2.44. The number of benzene rings is 2. The van der Waals surface area contributed by atoms with Crippen LogP contribution in [0.4, 0.5) is 0 Å². The van der Waals surface area contributed by atoms with Gasteiger partial charge in [-0.3, -0.25) is 9.59 Å². The summed E-state index contributed by atoms with van der Waals surface area (Å²) in [7, 11) is 0. The van der Waals surface area contributed by atoms with Crippen molar-refractivity contribution in [3.05, 3.63) is 78.1 Å². The minimum atomic E-state index is -0.861. The monoisotopic (exact) mass is 360 g/mol. The van der Waals surface area contributed by atoms with Gasteiger partial charge >= 0.3 is 0 Å². The standard InChI is InChI=1S/C20H16N4O3/c21-10-18(16-11-22-24(12-16)17-7-2-1-3-8-17)23-20(26)14-27-19-9-5-4-6-15(19)13-25/h1-9,11-13,18H,14H2,(H,23,26). The van der Waals surface area contributed by atoms with Crippen LogP contribution in [0.25, 0.3) is 5.69 Å². The predicted molar refractivity (Wildman–Crippen MR) is 97.4 cm³/mol. The Labute approximate surface area is 155 Å². The second kappa shape index (κ2) is 8.45. The van der Waals surface area contributed by atoms with E-state index in [0.717, 1.165) is 5.69 Å². The van der Waals surface area contributed by atoms with Gasteiger partial charge in [-0.1, -0.05) is 30.3 Å². The van der Waals surface area contributed by atoms with Gasteiger partial charge in [-0.25, -0.2) is 4.68 Å². The third kappa shape index (κ3) is 4.38. The Morgan fingerprint density at radius 1 is 1.22 bits per heavy atom. The molecule has 7 nitrogen and oxygen atoms in total. The zero-order chi connectivity index (χ0) is 19.1. The third-order valence-corrected chi connectivity index (χ3v) is 3.80. The molecule has 134 valence electrons. The Kier molecular flexibility index (Phi) is 5.60. The largest absolute Gasteiger partial charge is 0.483 e. The first-order valence-corrected chi connectivity index (χ1v) is 8.17. The minimum absolute atomic E-state index is 0.310. The highest BCUT2D eigenvalue weighted by atomic mass is 16.5. The molecule has 0 fully saturated rings. The van der Waals surface area contributed by atoms with Gasteiger partial charge < -0.3 is 10.1 Å². The Hall–Kier alpha value is -3.92. The first-order valence-electron chi connectivity index (χ1n) is 8.17. The maximum absolute atomic E-state index is 12.1. The number of aldehydes is 1. The summed E-state index contributed by atoms with van der Waals surface area (Å²) in [6.45, 7) is -0.310. The van der Waals surface area contributed by atoms with E-state index in [-0.39, 0.29) is 6.61 Å². The lowest BCUT2D eigenvalue weighted by atomic mass is 10.2. The number of carbonyl (C=O) groups is 2. The summed E-state index contributed by atoms with van der Waals surface area (Å²) in [6.07, 6.45) is 3.87. The number of carbonyl (C=O) groups excluding carboxylic acids is 2. The normalized spacial score (nSPS) is 11.2. The molecule has 3 rings (SSSR count). The van der Waals surface area contributed by atoms with Crippen LogP contribution < -0.4 is 10.1 Å². The van der Waals surface area contributed by atoms with Gasteiger partial charge in [-0.15, -0.1) is 0 Å². The zero-order valence-corrected chi connectivity index (χ0v) is 14.3. The number of para-hydroxylation sites is 2. The van der Waals surface area contributed by atoms with Crippen molar-refractivity contribution in [2.45, 2.75) is 6.04 Å². The highest BCUT2D eigenvalue weighted by molar-refractivity contribution is 5.81. The third-order valence-electron chi connectivity index (χ3n) is 3.80. The fraction of sp³-hybridized carbons (Fsp3) is 0.100. The van der Waals surface area contributed by atoms with Gasteiger partial charge in [0.25, 0.3) is 5.91 Å². The summed E-state index contributed by atoms with van der Waals surface area (Å²) < 4.78 is 7.00. The number of ether oxygens (including phenoxy) is 1. The van der Waals surface area contributed by atoms with Gasteiger partial charge in [-0.2, -0.15) is 10.4 Å². The van der Waals surface area contributed by atoms with E-state index in [0.29, 0.717) is 23.2 Å². The molecule has 0 aliphatic heterocycles. The summed E-state index contributed by atoms with van der Waals surface area (Å²) in [5.74, 6) is -0.164. The molecule has 2 aromatic carbocycles. The fourth-order valence-corrected chi connectivity index (χ4v) is 2.45. The van der Waals surface area contributed by atoms with E-state index in [4.69, 9.17) is 4.74 Å². The number of amides is 1. The van der Waals surface area contributed by atoms with E-state index in [9.17, 15) is 14.9 Å². The quantitative estimate of drug-likeness (QED) is 0.653. The summed E-state index contributed by atoms with van der Waals surface area (Å²) >= 11 is 0. The average molecular weight is 360 g/mol.